The number of hydrogen-bond donors (Lipinski definition) is 2. The van der Waals surface area contributed by atoms with Crippen LogP contribution in [-0.4, -0.2) is 24.1 Å². The van der Waals surface area contributed by atoms with Gasteiger partial charge in [-0.2, -0.15) is 0 Å². The third-order valence-electron chi connectivity index (χ3n) is 5.57. The van der Waals surface area contributed by atoms with Crippen LogP contribution in [0.5, 0.6) is 0 Å². The molecule has 0 heterocycles. The SMILES string of the molecule is O=CC(Cc1ccccc1)NC(=O)[C@H]1CC[C@@H](C(=O)NCc2ccccc2)CC1. The van der Waals surface area contributed by atoms with Crippen molar-refractivity contribution in [2.45, 2.75) is 44.7 Å². The van der Waals surface area contributed by atoms with Crippen LogP contribution in [0.2, 0.25) is 0 Å². The zero-order valence-electron chi connectivity index (χ0n) is 16.6. The smallest absolute Gasteiger partial charge is 0.223 e. The zero-order valence-corrected chi connectivity index (χ0v) is 16.6. The second kappa shape index (κ2) is 10.6. The number of aldehydes is 1. The van der Waals surface area contributed by atoms with Gasteiger partial charge in [0.25, 0.3) is 0 Å². The van der Waals surface area contributed by atoms with Gasteiger partial charge in [-0.15, -0.1) is 0 Å². The molecule has 152 valence electrons. The first-order chi connectivity index (χ1) is 14.2. The van der Waals surface area contributed by atoms with E-state index in [1.807, 2.05) is 60.7 Å². The lowest BCUT2D eigenvalue weighted by molar-refractivity contribution is -0.131. The van der Waals surface area contributed by atoms with Gasteiger partial charge in [-0.05, 0) is 43.2 Å². The third kappa shape index (κ3) is 6.28. The van der Waals surface area contributed by atoms with Gasteiger partial charge in [0.2, 0.25) is 11.8 Å². The molecule has 1 fully saturated rings. The van der Waals surface area contributed by atoms with E-state index in [1.165, 1.54) is 0 Å². The molecule has 1 aliphatic carbocycles. The van der Waals surface area contributed by atoms with Crippen molar-refractivity contribution in [3.63, 3.8) is 0 Å². The van der Waals surface area contributed by atoms with Crippen LogP contribution < -0.4 is 10.6 Å². The average molecular weight is 392 g/mol. The van der Waals surface area contributed by atoms with E-state index < -0.39 is 6.04 Å². The second-order valence-corrected chi connectivity index (χ2v) is 7.69. The van der Waals surface area contributed by atoms with Crippen molar-refractivity contribution in [2.75, 3.05) is 0 Å². The van der Waals surface area contributed by atoms with Crippen LogP contribution >= 0.6 is 0 Å². The van der Waals surface area contributed by atoms with Gasteiger partial charge in [-0.1, -0.05) is 60.7 Å². The van der Waals surface area contributed by atoms with E-state index in [2.05, 4.69) is 10.6 Å². The van der Waals surface area contributed by atoms with E-state index in [9.17, 15) is 14.4 Å². The third-order valence-corrected chi connectivity index (χ3v) is 5.57. The largest absolute Gasteiger partial charge is 0.352 e. The number of benzene rings is 2. The minimum atomic E-state index is -0.517. The Bertz CT molecular complexity index is 799. The summed E-state index contributed by atoms with van der Waals surface area (Å²) in [6.07, 6.45) is 4.03. The molecule has 0 aromatic heterocycles. The minimum Gasteiger partial charge on any atom is -0.352 e. The topological polar surface area (TPSA) is 75.3 Å². The van der Waals surface area contributed by atoms with Crippen molar-refractivity contribution in [2.24, 2.45) is 11.8 Å². The Labute approximate surface area is 171 Å². The first-order valence-corrected chi connectivity index (χ1v) is 10.3. The van der Waals surface area contributed by atoms with Gasteiger partial charge in [-0.3, -0.25) is 9.59 Å². The molecule has 1 atom stereocenters. The molecule has 5 nitrogen and oxygen atoms in total. The predicted octanol–water partition coefficient (Wildman–Crippen LogP) is 3.04. The Kier molecular flexibility index (Phi) is 7.56. The summed E-state index contributed by atoms with van der Waals surface area (Å²) in [6.45, 7) is 0.528. The van der Waals surface area contributed by atoms with Gasteiger partial charge < -0.3 is 15.4 Å². The molecule has 3 rings (SSSR count). The van der Waals surface area contributed by atoms with Gasteiger partial charge in [0, 0.05) is 18.4 Å². The fourth-order valence-electron chi connectivity index (χ4n) is 3.85. The quantitative estimate of drug-likeness (QED) is 0.678. The summed E-state index contributed by atoms with van der Waals surface area (Å²) in [7, 11) is 0. The lowest BCUT2D eigenvalue weighted by Gasteiger charge is -2.28. The van der Waals surface area contributed by atoms with E-state index in [4.69, 9.17) is 0 Å². The van der Waals surface area contributed by atoms with Crippen LogP contribution in [0, 0.1) is 11.8 Å². The monoisotopic (exact) mass is 392 g/mol. The highest BCUT2D eigenvalue weighted by Gasteiger charge is 2.30. The Morgan fingerprint density at radius 3 is 1.90 bits per heavy atom. The predicted molar refractivity (Wildman–Crippen MR) is 112 cm³/mol. The van der Waals surface area contributed by atoms with Crippen molar-refractivity contribution < 1.29 is 14.4 Å². The molecule has 2 amide bonds. The highest BCUT2D eigenvalue weighted by atomic mass is 16.2. The van der Waals surface area contributed by atoms with Crippen molar-refractivity contribution >= 4 is 18.1 Å². The Morgan fingerprint density at radius 1 is 0.828 bits per heavy atom. The Hall–Kier alpha value is -2.95. The first kappa shape index (κ1) is 20.8. The molecule has 2 N–H and O–H groups in total. The Morgan fingerprint density at radius 2 is 1.34 bits per heavy atom. The summed E-state index contributed by atoms with van der Waals surface area (Å²) < 4.78 is 0. The first-order valence-electron chi connectivity index (χ1n) is 10.3. The molecule has 1 unspecified atom stereocenters. The number of rotatable bonds is 8. The number of amides is 2. The number of carbonyl (C=O) groups excluding carboxylic acids is 3. The van der Waals surface area contributed by atoms with E-state index in [1.54, 1.807) is 0 Å². The molecule has 1 aliphatic rings. The van der Waals surface area contributed by atoms with Gasteiger partial charge >= 0.3 is 0 Å². The molecule has 1 saturated carbocycles. The maximum Gasteiger partial charge on any atom is 0.223 e. The maximum atomic E-state index is 12.6. The van der Waals surface area contributed by atoms with Crippen molar-refractivity contribution in [1.29, 1.82) is 0 Å². The lowest BCUT2D eigenvalue weighted by atomic mass is 9.81. The standard InChI is InChI=1S/C24H28N2O3/c27-17-22(15-18-7-3-1-4-8-18)26-24(29)21-13-11-20(12-14-21)23(28)25-16-19-9-5-2-6-10-19/h1-10,17,20-22H,11-16H2,(H,25,28)(H,26,29)/t20-,21+,22?. The molecule has 0 radical (unpaired) electrons. The molecule has 0 bridgehead atoms. The van der Waals surface area contributed by atoms with Crippen LogP contribution in [0.25, 0.3) is 0 Å². The second-order valence-electron chi connectivity index (χ2n) is 7.69. The van der Waals surface area contributed by atoms with Crippen LogP contribution in [0.15, 0.2) is 60.7 Å². The van der Waals surface area contributed by atoms with Gasteiger partial charge in [-0.25, -0.2) is 0 Å². The van der Waals surface area contributed by atoms with Gasteiger partial charge in [0.15, 0.2) is 0 Å². The highest BCUT2D eigenvalue weighted by molar-refractivity contribution is 5.83. The van der Waals surface area contributed by atoms with Crippen LogP contribution in [-0.2, 0) is 27.3 Å². The lowest BCUT2D eigenvalue weighted by Crippen LogP contribution is -2.43. The van der Waals surface area contributed by atoms with E-state index in [0.717, 1.165) is 17.4 Å². The molecular weight excluding hydrogens is 364 g/mol. The van der Waals surface area contributed by atoms with Gasteiger partial charge in [0.1, 0.15) is 6.29 Å². The summed E-state index contributed by atoms with van der Waals surface area (Å²) in [5.41, 5.74) is 2.09. The molecule has 5 heteroatoms. The molecule has 29 heavy (non-hydrogen) atoms. The summed E-state index contributed by atoms with van der Waals surface area (Å²) >= 11 is 0. The summed E-state index contributed by atoms with van der Waals surface area (Å²) in [6, 6.07) is 19.0. The highest BCUT2D eigenvalue weighted by Crippen LogP contribution is 2.29. The van der Waals surface area contributed by atoms with Crippen LogP contribution in [0.3, 0.4) is 0 Å². The number of nitrogens with one attached hydrogen (secondary N) is 2. The van der Waals surface area contributed by atoms with Crippen LogP contribution in [0.1, 0.15) is 36.8 Å². The fourth-order valence-corrected chi connectivity index (χ4v) is 3.85. The number of hydrogen-bond acceptors (Lipinski definition) is 3. The van der Waals surface area contributed by atoms with E-state index >= 15 is 0 Å². The molecule has 2 aromatic carbocycles. The van der Waals surface area contributed by atoms with Crippen LogP contribution in [0.4, 0.5) is 0 Å². The fraction of sp³-hybridized carbons (Fsp3) is 0.375. The van der Waals surface area contributed by atoms with Crippen molar-refractivity contribution in [1.82, 2.24) is 10.6 Å². The average Bonchev–Trinajstić information content (AvgIpc) is 2.78. The summed E-state index contributed by atoms with van der Waals surface area (Å²) in [4.78, 5) is 36.4. The van der Waals surface area contributed by atoms with E-state index in [-0.39, 0.29) is 23.7 Å². The van der Waals surface area contributed by atoms with Gasteiger partial charge in [0.05, 0.1) is 6.04 Å². The molecule has 2 aromatic rings. The molecule has 0 saturated heterocycles. The minimum absolute atomic E-state index is 0.0473. The summed E-state index contributed by atoms with van der Waals surface area (Å²) in [5, 5.41) is 5.86. The van der Waals surface area contributed by atoms with E-state index in [0.29, 0.717) is 38.6 Å². The normalized spacial score (nSPS) is 19.7. The van der Waals surface area contributed by atoms with Crippen molar-refractivity contribution in [3.8, 4) is 0 Å². The molecule has 0 spiro atoms. The summed E-state index contributed by atoms with van der Waals surface area (Å²) in [5.74, 6) is -0.205. The maximum absolute atomic E-state index is 12.6. The molecule has 0 aliphatic heterocycles. The number of carbonyl (C=O) groups is 3. The molecular formula is C24H28N2O3. The Balaban J connectivity index is 1.42. The zero-order chi connectivity index (χ0) is 20.5. The van der Waals surface area contributed by atoms with Crippen molar-refractivity contribution in [3.05, 3.63) is 71.8 Å².